The summed E-state index contributed by atoms with van der Waals surface area (Å²) >= 11 is 11.8. The van der Waals surface area contributed by atoms with Crippen LogP contribution in [0.25, 0.3) is 0 Å². The molecule has 2 aromatic rings. The SMILES string of the molecule is O=C(c1ccc(Cl)cc1Cl)N1CC(Oc2ccc(C(F)(F)F)cn2)C1. The molecule has 1 aliphatic rings. The first-order chi connectivity index (χ1) is 11.7. The maximum atomic E-state index is 12.5. The summed E-state index contributed by atoms with van der Waals surface area (Å²) in [6, 6.07) is 6.65. The van der Waals surface area contributed by atoms with Gasteiger partial charge >= 0.3 is 6.18 Å². The summed E-state index contributed by atoms with van der Waals surface area (Å²) in [7, 11) is 0. The Morgan fingerprint density at radius 2 is 1.92 bits per heavy atom. The number of rotatable bonds is 3. The lowest BCUT2D eigenvalue weighted by molar-refractivity contribution is -0.137. The van der Waals surface area contributed by atoms with E-state index in [4.69, 9.17) is 27.9 Å². The van der Waals surface area contributed by atoms with E-state index in [9.17, 15) is 18.0 Å². The second-order valence-electron chi connectivity index (χ2n) is 5.46. The lowest BCUT2D eigenvalue weighted by atomic mass is 10.1. The van der Waals surface area contributed by atoms with E-state index in [1.54, 1.807) is 12.1 Å². The standard InChI is InChI=1S/C16H11Cl2F3N2O2/c17-10-2-3-12(13(18)5-10)15(24)23-7-11(8-23)25-14-4-1-9(6-22-14)16(19,20)21/h1-6,11H,7-8H2. The van der Waals surface area contributed by atoms with Gasteiger partial charge < -0.3 is 9.64 Å². The van der Waals surface area contributed by atoms with Crippen molar-refractivity contribution < 1.29 is 22.7 Å². The molecule has 1 amide bonds. The van der Waals surface area contributed by atoms with E-state index in [0.29, 0.717) is 29.9 Å². The van der Waals surface area contributed by atoms with E-state index in [1.165, 1.54) is 11.0 Å². The highest BCUT2D eigenvalue weighted by Crippen LogP contribution is 2.30. The Balaban J connectivity index is 1.56. The van der Waals surface area contributed by atoms with Gasteiger partial charge in [-0.3, -0.25) is 4.79 Å². The quantitative estimate of drug-likeness (QED) is 0.783. The Hall–Kier alpha value is -1.99. The Bertz CT molecular complexity index is 791. The molecule has 3 rings (SSSR count). The van der Waals surface area contributed by atoms with Gasteiger partial charge in [-0.25, -0.2) is 4.98 Å². The summed E-state index contributed by atoms with van der Waals surface area (Å²) in [6.45, 7) is 0.584. The zero-order chi connectivity index (χ0) is 18.2. The second-order valence-corrected chi connectivity index (χ2v) is 6.30. The van der Waals surface area contributed by atoms with Gasteiger partial charge in [-0.15, -0.1) is 0 Å². The molecular weight excluding hydrogens is 380 g/mol. The molecule has 0 N–H and O–H groups in total. The smallest absolute Gasteiger partial charge is 0.417 e. The van der Waals surface area contributed by atoms with Crippen LogP contribution in [-0.2, 0) is 6.18 Å². The first-order valence-electron chi connectivity index (χ1n) is 7.18. The van der Waals surface area contributed by atoms with Gasteiger partial charge in [-0.05, 0) is 24.3 Å². The van der Waals surface area contributed by atoms with Crippen molar-refractivity contribution in [1.29, 1.82) is 0 Å². The summed E-state index contributed by atoms with van der Waals surface area (Å²) in [5, 5.41) is 0.686. The van der Waals surface area contributed by atoms with Crippen LogP contribution in [0.3, 0.4) is 0 Å². The van der Waals surface area contributed by atoms with Crippen molar-refractivity contribution in [3.8, 4) is 5.88 Å². The molecule has 132 valence electrons. The minimum absolute atomic E-state index is 0.0784. The highest BCUT2D eigenvalue weighted by atomic mass is 35.5. The van der Waals surface area contributed by atoms with E-state index in [-0.39, 0.29) is 22.9 Å². The zero-order valence-corrected chi connectivity index (χ0v) is 14.1. The Kier molecular flexibility index (Phi) is 4.79. The Morgan fingerprint density at radius 3 is 2.48 bits per heavy atom. The number of carbonyl (C=O) groups is 1. The normalized spacial score (nSPS) is 15.0. The summed E-state index contributed by atoms with van der Waals surface area (Å²) in [4.78, 5) is 17.5. The van der Waals surface area contributed by atoms with Crippen LogP contribution in [0.15, 0.2) is 36.5 Å². The van der Waals surface area contributed by atoms with Gasteiger partial charge in [0.2, 0.25) is 5.88 Å². The fraction of sp³-hybridized carbons (Fsp3) is 0.250. The maximum Gasteiger partial charge on any atom is 0.417 e. The van der Waals surface area contributed by atoms with Crippen molar-refractivity contribution in [2.75, 3.05) is 13.1 Å². The molecule has 1 saturated heterocycles. The number of carbonyl (C=O) groups excluding carboxylic acids is 1. The van der Waals surface area contributed by atoms with E-state index in [1.807, 2.05) is 0 Å². The molecule has 1 aromatic carbocycles. The monoisotopic (exact) mass is 390 g/mol. The number of amides is 1. The summed E-state index contributed by atoms with van der Waals surface area (Å²) in [6.07, 6.45) is -4.06. The lowest BCUT2D eigenvalue weighted by Gasteiger charge is -2.38. The molecule has 0 bridgehead atoms. The molecule has 1 aliphatic heterocycles. The van der Waals surface area contributed by atoms with E-state index in [2.05, 4.69) is 4.98 Å². The van der Waals surface area contributed by atoms with E-state index in [0.717, 1.165) is 12.1 Å². The zero-order valence-electron chi connectivity index (χ0n) is 12.6. The fourth-order valence-electron chi connectivity index (χ4n) is 2.30. The number of ether oxygens (including phenoxy) is 1. The van der Waals surface area contributed by atoms with Gasteiger partial charge in [0.05, 0.1) is 29.2 Å². The number of alkyl halides is 3. The highest BCUT2D eigenvalue weighted by molar-refractivity contribution is 6.36. The number of likely N-dealkylation sites (tertiary alicyclic amines) is 1. The van der Waals surface area contributed by atoms with Crippen LogP contribution in [0.1, 0.15) is 15.9 Å². The van der Waals surface area contributed by atoms with Crippen LogP contribution in [0.4, 0.5) is 13.2 Å². The summed E-state index contributed by atoms with van der Waals surface area (Å²) in [5.41, 5.74) is -0.514. The van der Waals surface area contributed by atoms with Crippen LogP contribution in [-0.4, -0.2) is 35.0 Å². The van der Waals surface area contributed by atoms with Crippen molar-refractivity contribution in [1.82, 2.24) is 9.88 Å². The first-order valence-corrected chi connectivity index (χ1v) is 7.94. The Labute approximate surface area is 151 Å². The number of benzene rings is 1. The molecule has 0 atom stereocenters. The number of nitrogens with zero attached hydrogens (tertiary/aromatic N) is 2. The Morgan fingerprint density at radius 1 is 1.20 bits per heavy atom. The fourth-order valence-corrected chi connectivity index (χ4v) is 2.79. The van der Waals surface area contributed by atoms with E-state index < -0.39 is 11.7 Å². The molecule has 1 aromatic heterocycles. The van der Waals surface area contributed by atoms with Crippen LogP contribution >= 0.6 is 23.2 Å². The molecule has 4 nitrogen and oxygen atoms in total. The largest absolute Gasteiger partial charge is 0.471 e. The molecule has 0 aliphatic carbocycles. The molecule has 9 heteroatoms. The molecule has 2 heterocycles. The van der Waals surface area contributed by atoms with Gasteiger partial charge in [-0.1, -0.05) is 23.2 Å². The molecular formula is C16H11Cl2F3N2O2. The third-order valence-corrected chi connectivity index (χ3v) is 4.20. The van der Waals surface area contributed by atoms with Gasteiger partial charge in [0.15, 0.2) is 0 Å². The highest BCUT2D eigenvalue weighted by Gasteiger charge is 2.34. The minimum atomic E-state index is -4.44. The van der Waals surface area contributed by atoms with Crippen LogP contribution in [0.5, 0.6) is 5.88 Å². The van der Waals surface area contributed by atoms with E-state index >= 15 is 0 Å². The molecule has 0 saturated carbocycles. The predicted molar refractivity (Wildman–Crippen MR) is 86.0 cm³/mol. The second kappa shape index (κ2) is 6.72. The summed E-state index contributed by atoms with van der Waals surface area (Å²) < 4.78 is 42.9. The average molecular weight is 391 g/mol. The van der Waals surface area contributed by atoms with Gasteiger partial charge in [0, 0.05) is 17.3 Å². The molecule has 0 spiro atoms. The molecule has 1 fully saturated rings. The maximum absolute atomic E-state index is 12.5. The average Bonchev–Trinajstić information content (AvgIpc) is 2.49. The van der Waals surface area contributed by atoms with Crippen molar-refractivity contribution >= 4 is 29.1 Å². The van der Waals surface area contributed by atoms with Crippen LogP contribution in [0, 0.1) is 0 Å². The van der Waals surface area contributed by atoms with Gasteiger partial charge in [-0.2, -0.15) is 13.2 Å². The molecule has 0 unspecified atom stereocenters. The van der Waals surface area contributed by atoms with Crippen LogP contribution in [0.2, 0.25) is 10.0 Å². The number of pyridine rings is 1. The lowest BCUT2D eigenvalue weighted by Crippen LogP contribution is -2.56. The number of hydrogen-bond donors (Lipinski definition) is 0. The van der Waals surface area contributed by atoms with Crippen molar-refractivity contribution in [3.05, 3.63) is 57.7 Å². The molecule has 0 radical (unpaired) electrons. The van der Waals surface area contributed by atoms with Crippen molar-refractivity contribution in [2.45, 2.75) is 12.3 Å². The molecule has 25 heavy (non-hydrogen) atoms. The van der Waals surface area contributed by atoms with Crippen molar-refractivity contribution in [3.63, 3.8) is 0 Å². The number of hydrogen-bond acceptors (Lipinski definition) is 3. The van der Waals surface area contributed by atoms with Crippen molar-refractivity contribution in [2.24, 2.45) is 0 Å². The first kappa shape index (κ1) is 17.8. The third kappa shape index (κ3) is 3.99. The number of aromatic nitrogens is 1. The minimum Gasteiger partial charge on any atom is -0.471 e. The number of halogens is 5. The predicted octanol–water partition coefficient (Wildman–Crippen LogP) is 4.31. The van der Waals surface area contributed by atoms with Gasteiger partial charge in [0.1, 0.15) is 6.10 Å². The van der Waals surface area contributed by atoms with Gasteiger partial charge in [0.25, 0.3) is 5.91 Å². The topological polar surface area (TPSA) is 42.4 Å². The third-order valence-electron chi connectivity index (χ3n) is 3.65. The summed E-state index contributed by atoms with van der Waals surface area (Å²) in [5.74, 6) is -0.184. The van der Waals surface area contributed by atoms with Crippen LogP contribution < -0.4 is 4.74 Å².